The Kier molecular flexibility index (Phi) is 5.62. The summed E-state index contributed by atoms with van der Waals surface area (Å²) < 4.78 is 23.3. The Morgan fingerprint density at radius 2 is 1.88 bits per heavy atom. The highest BCUT2D eigenvalue weighted by atomic mass is 19.1. The van der Waals surface area contributed by atoms with Crippen LogP contribution in [0.1, 0.15) is 10.4 Å². The van der Waals surface area contributed by atoms with E-state index in [-0.39, 0.29) is 11.4 Å². The first-order valence-electron chi connectivity index (χ1n) is 6.95. The largest absolute Gasteiger partial charge is 0.484 e. The van der Waals surface area contributed by atoms with Crippen LogP contribution in [0.5, 0.6) is 5.75 Å². The zero-order chi connectivity index (χ0) is 18.4. The molecule has 25 heavy (non-hydrogen) atoms. The van der Waals surface area contributed by atoms with Gasteiger partial charge >= 0.3 is 5.97 Å². The van der Waals surface area contributed by atoms with E-state index >= 15 is 0 Å². The van der Waals surface area contributed by atoms with Crippen LogP contribution < -0.4 is 10.1 Å². The molecule has 0 aliphatic carbocycles. The highest BCUT2D eigenvalue weighted by molar-refractivity contribution is 5.92. The van der Waals surface area contributed by atoms with Crippen molar-refractivity contribution in [3.8, 4) is 5.75 Å². The fourth-order valence-corrected chi connectivity index (χ4v) is 1.86. The summed E-state index contributed by atoms with van der Waals surface area (Å²) in [5, 5.41) is 12.9. The second-order valence-corrected chi connectivity index (χ2v) is 4.77. The molecule has 0 spiro atoms. The SMILES string of the molecule is COC(=O)c1ccc(OCC(=O)Nc2cc([N+](=O)[O-])ccc2F)cc1. The van der Waals surface area contributed by atoms with Crippen molar-refractivity contribution in [2.75, 3.05) is 19.0 Å². The van der Waals surface area contributed by atoms with Crippen LogP contribution in [0.15, 0.2) is 42.5 Å². The molecule has 8 nitrogen and oxygen atoms in total. The Balaban J connectivity index is 1.96. The van der Waals surface area contributed by atoms with Crippen molar-refractivity contribution in [1.29, 1.82) is 0 Å². The van der Waals surface area contributed by atoms with Crippen molar-refractivity contribution >= 4 is 23.3 Å². The Labute approximate surface area is 141 Å². The third-order valence-corrected chi connectivity index (χ3v) is 3.08. The van der Waals surface area contributed by atoms with E-state index < -0.39 is 29.2 Å². The molecule has 130 valence electrons. The van der Waals surface area contributed by atoms with Crippen LogP contribution in [-0.2, 0) is 9.53 Å². The maximum Gasteiger partial charge on any atom is 0.337 e. The first-order valence-corrected chi connectivity index (χ1v) is 6.95. The molecule has 1 amide bonds. The summed E-state index contributed by atoms with van der Waals surface area (Å²) in [7, 11) is 1.25. The Bertz CT molecular complexity index is 807. The number of hydrogen-bond acceptors (Lipinski definition) is 6. The van der Waals surface area contributed by atoms with Crippen LogP contribution in [-0.4, -0.2) is 30.5 Å². The number of nitro groups is 1. The van der Waals surface area contributed by atoms with Gasteiger partial charge in [0.25, 0.3) is 11.6 Å². The lowest BCUT2D eigenvalue weighted by Gasteiger charge is -2.08. The molecular formula is C16H13FN2O6. The molecule has 0 unspecified atom stereocenters. The minimum absolute atomic E-state index is 0.308. The van der Waals surface area contributed by atoms with E-state index in [0.29, 0.717) is 11.3 Å². The Morgan fingerprint density at radius 3 is 2.48 bits per heavy atom. The van der Waals surface area contributed by atoms with E-state index in [1.165, 1.54) is 31.4 Å². The number of nitro benzene ring substituents is 1. The summed E-state index contributed by atoms with van der Waals surface area (Å²) in [4.78, 5) is 33.1. The quantitative estimate of drug-likeness (QED) is 0.488. The molecule has 2 aromatic carbocycles. The molecule has 0 fully saturated rings. The molecule has 2 rings (SSSR count). The molecule has 0 aromatic heterocycles. The summed E-state index contributed by atoms with van der Waals surface area (Å²) in [5.41, 5.74) is -0.349. The Morgan fingerprint density at radius 1 is 1.20 bits per heavy atom. The predicted octanol–water partition coefficient (Wildman–Crippen LogP) is 2.54. The van der Waals surface area contributed by atoms with E-state index in [1.807, 2.05) is 0 Å². The highest BCUT2D eigenvalue weighted by Crippen LogP contribution is 2.21. The number of anilines is 1. The van der Waals surface area contributed by atoms with Crippen LogP contribution in [0, 0.1) is 15.9 Å². The average molecular weight is 348 g/mol. The van der Waals surface area contributed by atoms with Gasteiger partial charge in [-0.25, -0.2) is 9.18 Å². The van der Waals surface area contributed by atoms with Gasteiger partial charge in [0.05, 0.1) is 23.3 Å². The van der Waals surface area contributed by atoms with E-state index in [2.05, 4.69) is 10.1 Å². The number of benzene rings is 2. The second-order valence-electron chi connectivity index (χ2n) is 4.77. The maximum absolute atomic E-state index is 13.6. The lowest BCUT2D eigenvalue weighted by molar-refractivity contribution is -0.384. The van der Waals surface area contributed by atoms with Gasteiger partial charge in [0, 0.05) is 12.1 Å². The van der Waals surface area contributed by atoms with Gasteiger partial charge < -0.3 is 14.8 Å². The van der Waals surface area contributed by atoms with Crippen molar-refractivity contribution in [2.45, 2.75) is 0 Å². The number of hydrogen-bond donors (Lipinski definition) is 1. The number of methoxy groups -OCH3 is 1. The lowest BCUT2D eigenvalue weighted by atomic mass is 10.2. The number of nitrogens with zero attached hydrogens (tertiary/aromatic N) is 1. The van der Waals surface area contributed by atoms with Gasteiger partial charge in [-0.1, -0.05) is 0 Å². The standard InChI is InChI=1S/C16H13FN2O6/c1-24-16(21)10-2-5-12(6-3-10)25-9-15(20)18-14-8-11(19(22)23)4-7-13(14)17/h2-8H,9H2,1H3,(H,18,20). The number of nitrogens with one attached hydrogen (secondary N) is 1. The fourth-order valence-electron chi connectivity index (χ4n) is 1.86. The molecular weight excluding hydrogens is 335 g/mol. The van der Waals surface area contributed by atoms with Crippen LogP contribution in [0.3, 0.4) is 0 Å². The Hall–Kier alpha value is -3.49. The minimum atomic E-state index is -0.804. The molecule has 0 aliphatic rings. The van der Waals surface area contributed by atoms with E-state index in [0.717, 1.165) is 18.2 Å². The minimum Gasteiger partial charge on any atom is -0.484 e. The van der Waals surface area contributed by atoms with Crippen molar-refractivity contribution in [2.24, 2.45) is 0 Å². The fraction of sp³-hybridized carbons (Fsp3) is 0.125. The third-order valence-electron chi connectivity index (χ3n) is 3.08. The first kappa shape index (κ1) is 17.9. The van der Waals surface area contributed by atoms with Crippen molar-refractivity contribution in [1.82, 2.24) is 0 Å². The molecule has 0 saturated heterocycles. The molecule has 0 saturated carbocycles. The number of amides is 1. The number of carbonyl (C=O) groups excluding carboxylic acids is 2. The second kappa shape index (κ2) is 7.86. The summed E-state index contributed by atoms with van der Waals surface area (Å²) >= 11 is 0. The van der Waals surface area contributed by atoms with Crippen LogP contribution in [0.25, 0.3) is 0 Å². The maximum atomic E-state index is 13.6. The van der Waals surface area contributed by atoms with Crippen molar-refractivity contribution in [3.63, 3.8) is 0 Å². The molecule has 0 bridgehead atoms. The number of esters is 1. The molecule has 0 radical (unpaired) electrons. The lowest BCUT2D eigenvalue weighted by Crippen LogP contribution is -2.20. The molecule has 9 heteroatoms. The van der Waals surface area contributed by atoms with Crippen molar-refractivity contribution in [3.05, 3.63) is 64.0 Å². The third kappa shape index (κ3) is 4.74. The molecule has 0 atom stereocenters. The first-order chi connectivity index (χ1) is 11.9. The smallest absolute Gasteiger partial charge is 0.337 e. The van der Waals surface area contributed by atoms with Gasteiger partial charge in [-0.2, -0.15) is 0 Å². The zero-order valence-electron chi connectivity index (χ0n) is 13.0. The van der Waals surface area contributed by atoms with Crippen LogP contribution >= 0.6 is 0 Å². The van der Waals surface area contributed by atoms with E-state index in [9.17, 15) is 24.1 Å². The molecule has 2 aromatic rings. The van der Waals surface area contributed by atoms with Gasteiger partial charge in [-0.3, -0.25) is 14.9 Å². The number of non-ortho nitro benzene ring substituents is 1. The van der Waals surface area contributed by atoms with Crippen molar-refractivity contribution < 1.29 is 28.4 Å². The summed E-state index contributed by atoms with van der Waals surface area (Å²) in [6.07, 6.45) is 0. The zero-order valence-corrected chi connectivity index (χ0v) is 13.0. The highest BCUT2D eigenvalue weighted by Gasteiger charge is 2.13. The van der Waals surface area contributed by atoms with Gasteiger partial charge in [0.15, 0.2) is 6.61 Å². The van der Waals surface area contributed by atoms with Crippen LogP contribution in [0.4, 0.5) is 15.8 Å². The molecule has 0 aliphatic heterocycles. The van der Waals surface area contributed by atoms with Gasteiger partial charge in [-0.15, -0.1) is 0 Å². The number of halogens is 1. The number of carbonyl (C=O) groups is 2. The summed E-state index contributed by atoms with van der Waals surface area (Å²) in [6, 6.07) is 8.64. The molecule has 0 heterocycles. The van der Waals surface area contributed by atoms with Gasteiger partial charge in [-0.05, 0) is 30.3 Å². The average Bonchev–Trinajstić information content (AvgIpc) is 2.61. The number of ether oxygens (including phenoxy) is 2. The van der Waals surface area contributed by atoms with E-state index in [4.69, 9.17) is 4.74 Å². The van der Waals surface area contributed by atoms with Crippen LogP contribution in [0.2, 0.25) is 0 Å². The monoisotopic (exact) mass is 348 g/mol. The summed E-state index contributed by atoms with van der Waals surface area (Å²) in [6.45, 7) is -0.445. The number of rotatable bonds is 6. The van der Waals surface area contributed by atoms with Gasteiger partial charge in [0.2, 0.25) is 0 Å². The van der Waals surface area contributed by atoms with E-state index in [1.54, 1.807) is 0 Å². The topological polar surface area (TPSA) is 108 Å². The predicted molar refractivity (Wildman–Crippen MR) is 85.0 cm³/mol. The normalized spacial score (nSPS) is 10.0. The summed E-state index contributed by atoms with van der Waals surface area (Å²) in [5.74, 6) is -1.70. The van der Waals surface area contributed by atoms with Gasteiger partial charge in [0.1, 0.15) is 11.6 Å². The molecule has 1 N–H and O–H groups in total.